The second-order valence-electron chi connectivity index (χ2n) is 5.87. The molecule has 4 heteroatoms. The van der Waals surface area contributed by atoms with Gasteiger partial charge in [0, 0.05) is 31.9 Å². The highest BCUT2D eigenvalue weighted by Crippen LogP contribution is 2.21. The average molecular weight is 275 g/mol. The molecule has 0 bridgehead atoms. The summed E-state index contributed by atoms with van der Waals surface area (Å²) >= 11 is 0. The van der Waals surface area contributed by atoms with E-state index >= 15 is 0 Å². The van der Waals surface area contributed by atoms with Crippen LogP contribution in [0.5, 0.6) is 0 Å². The van der Waals surface area contributed by atoms with Gasteiger partial charge in [0.1, 0.15) is 0 Å². The summed E-state index contributed by atoms with van der Waals surface area (Å²) in [4.78, 5) is 16.5. The molecule has 1 fully saturated rings. The Bertz CT molecular complexity index is 465. The fourth-order valence-corrected chi connectivity index (χ4v) is 2.58. The van der Waals surface area contributed by atoms with E-state index in [0.717, 1.165) is 26.2 Å². The summed E-state index contributed by atoms with van der Waals surface area (Å²) in [5.74, 6) is 0.279. The Morgan fingerprint density at radius 3 is 2.30 bits per heavy atom. The van der Waals surface area contributed by atoms with Crippen molar-refractivity contribution in [3.8, 4) is 0 Å². The number of aryl methyl sites for hydroxylation is 1. The molecule has 1 saturated heterocycles. The highest BCUT2D eigenvalue weighted by Gasteiger charge is 2.27. The number of para-hydroxylation sites is 1. The van der Waals surface area contributed by atoms with Crippen LogP contribution < -0.4 is 10.6 Å². The Morgan fingerprint density at radius 2 is 1.75 bits per heavy atom. The number of carbonyl (C=O) groups excluding carboxylic acids is 1. The van der Waals surface area contributed by atoms with Crippen LogP contribution in [0.3, 0.4) is 0 Å². The second-order valence-corrected chi connectivity index (χ2v) is 5.87. The molecule has 1 atom stereocenters. The van der Waals surface area contributed by atoms with Gasteiger partial charge in [-0.25, -0.2) is 0 Å². The molecule has 20 heavy (non-hydrogen) atoms. The number of amides is 1. The Morgan fingerprint density at radius 1 is 1.15 bits per heavy atom. The molecular formula is C16H25N3O. The predicted octanol–water partition coefficient (Wildman–Crippen LogP) is 1.63. The van der Waals surface area contributed by atoms with Crippen LogP contribution in [-0.4, -0.2) is 43.0 Å². The molecule has 1 aromatic carbocycles. The Hall–Kier alpha value is -1.55. The summed E-state index contributed by atoms with van der Waals surface area (Å²) < 4.78 is 0. The number of hydrogen-bond acceptors (Lipinski definition) is 3. The highest BCUT2D eigenvalue weighted by molar-refractivity contribution is 5.82. The second kappa shape index (κ2) is 6.27. The van der Waals surface area contributed by atoms with Gasteiger partial charge < -0.3 is 15.5 Å². The third kappa shape index (κ3) is 3.12. The van der Waals surface area contributed by atoms with Crippen molar-refractivity contribution < 1.29 is 4.79 Å². The Labute approximate surface area is 121 Å². The first kappa shape index (κ1) is 14.9. The molecule has 1 aliphatic heterocycles. The molecule has 1 heterocycles. The largest absolute Gasteiger partial charge is 0.368 e. The lowest BCUT2D eigenvalue weighted by Crippen LogP contribution is -2.54. The molecule has 0 radical (unpaired) electrons. The number of nitrogens with zero attached hydrogens (tertiary/aromatic N) is 2. The van der Waals surface area contributed by atoms with Gasteiger partial charge in [-0.15, -0.1) is 0 Å². The predicted molar refractivity (Wildman–Crippen MR) is 82.8 cm³/mol. The molecule has 0 saturated carbocycles. The fourth-order valence-electron chi connectivity index (χ4n) is 2.58. The highest BCUT2D eigenvalue weighted by atomic mass is 16.2. The monoisotopic (exact) mass is 275 g/mol. The summed E-state index contributed by atoms with van der Waals surface area (Å²) in [5, 5.41) is 0. The molecule has 0 aromatic heterocycles. The number of carbonyl (C=O) groups is 1. The van der Waals surface area contributed by atoms with Crippen molar-refractivity contribution in [3.63, 3.8) is 0 Å². The van der Waals surface area contributed by atoms with Gasteiger partial charge in [0.15, 0.2) is 0 Å². The van der Waals surface area contributed by atoms with Gasteiger partial charge in [0.25, 0.3) is 0 Å². The Balaban J connectivity index is 1.96. The van der Waals surface area contributed by atoms with E-state index < -0.39 is 0 Å². The number of nitrogens with two attached hydrogens (primary N) is 1. The van der Waals surface area contributed by atoms with E-state index in [1.165, 1.54) is 11.3 Å². The first-order valence-electron chi connectivity index (χ1n) is 7.35. The first-order chi connectivity index (χ1) is 9.50. The first-order valence-corrected chi connectivity index (χ1v) is 7.35. The minimum atomic E-state index is -0.375. The van der Waals surface area contributed by atoms with E-state index in [-0.39, 0.29) is 17.9 Å². The van der Waals surface area contributed by atoms with Crippen LogP contribution in [0, 0.1) is 12.8 Å². The number of hydrogen-bond donors (Lipinski definition) is 1. The van der Waals surface area contributed by atoms with Gasteiger partial charge in [-0.1, -0.05) is 32.0 Å². The Kier molecular flexibility index (Phi) is 4.65. The maximum absolute atomic E-state index is 12.2. The maximum Gasteiger partial charge on any atom is 0.239 e. The van der Waals surface area contributed by atoms with Crippen molar-refractivity contribution in [2.45, 2.75) is 26.8 Å². The molecule has 110 valence electrons. The minimum absolute atomic E-state index is 0.0874. The standard InChI is InChI=1S/C16H25N3O/c1-12(2)15(17)16(20)19-10-8-18(9-11-19)14-7-5-4-6-13(14)3/h4-7,12,15H,8-11,17H2,1-3H3. The van der Waals surface area contributed by atoms with Crippen molar-refractivity contribution in [1.82, 2.24) is 4.90 Å². The zero-order valence-electron chi connectivity index (χ0n) is 12.7. The van der Waals surface area contributed by atoms with Crippen LogP contribution in [0.15, 0.2) is 24.3 Å². The SMILES string of the molecule is Cc1ccccc1N1CCN(C(=O)C(N)C(C)C)CC1. The van der Waals surface area contributed by atoms with E-state index in [4.69, 9.17) is 5.73 Å². The lowest BCUT2D eigenvalue weighted by Gasteiger charge is -2.38. The molecule has 0 aliphatic carbocycles. The van der Waals surface area contributed by atoms with Crippen LogP contribution in [0.25, 0.3) is 0 Å². The molecule has 1 aliphatic rings. The summed E-state index contributed by atoms with van der Waals surface area (Å²) in [6.45, 7) is 9.38. The molecule has 2 rings (SSSR count). The molecule has 4 nitrogen and oxygen atoms in total. The van der Waals surface area contributed by atoms with Gasteiger partial charge in [-0.05, 0) is 24.5 Å². The number of rotatable bonds is 3. The summed E-state index contributed by atoms with van der Waals surface area (Å²) in [5.41, 5.74) is 8.51. The van der Waals surface area contributed by atoms with Gasteiger partial charge >= 0.3 is 0 Å². The fraction of sp³-hybridized carbons (Fsp3) is 0.562. The molecular weight excluding hydrogens is 250 g/mol. The molecule has 1 unspecified atom stereocenters. The van der Waals surface area contributed by atoms with Crippen LogP contribution in [-0.2, 0) is 4.79 Å². The van der Waals surface area contributed by atoms with Crippen molar-refractivity contribution in [1.29, 1.82) is 0 Å². The third-order valence-electron chi connectivity index (χ3n) is 4.05. The van der Waals surface area contributed by atoms with Crippen LogP contribution in [0.4, 0.5) is 5.69 Å². The number of anilines is 1. The van der Waals surface area contributed by atoms with Gasteiger partial charge in [-0.3, -0.25) is 4.79 Å². The number of benzene rings is 1. The minimum Gasteiger partial charge on any atom is -0.368 e. The molecule has 1 amide bonds. The van der Waals surface area contributed by atoms with Crippen LogP contribution in [0.2, 0.25) is 0 Å². The summed E-state index contributed by atoms with van der Waals surface area (Å²) in [7, 11) is 0. The van der Waals surface area contributed by atoms with Crippen molar-refractivity contribution in [2.75, 3.05) is 31.1 Å². The van der Waals surface area contributed by atoms with E-state index in [9.17, 15) is 4.79 Å². The average Bonchev–Trinajstić information content (AvgIpc) is 2.46. The zero-order valence-corrected chi connectivity index (χ0v) is 12.7. The summed E-state index contributed by atoms with van der Waals surface area (Å²) in [6, 6.07) is 8.02. The molecule has 1 aromatic rings. The quantitative estimate of drug-likeness (QED) is 0.912. The van der Waals surface area contributed by atoms with Crippen molar-refractivity contribution >= 4 is 11.6 Å². The van der Waals surface area contributed by atoms with Gasteiger partial charge in [0.05, 0.1) is 6.04 Å². The van der Waals surface area contributed by atoms with Gasteiger partial charge in [-0.2, -0.15) is 0 Å². The van der Waals surface area contributed by atoms with Crippen LogP contribution in [0.1, 0.15) is 19.4 Å². The molecule has 2 N–H and O–H groups in total. The van der Waals surface area contributed by atoms with Gasteiger partial charge in [0.2, 0.25) is 5.91 Å². The van der Waals surface area contributed by atoms with E-state index in [1.54, 1.807) is 0 Å². The maximum atomic E-state index is 12.2. The molecule has 0 spiro atoms. The summed E-state index contributed by atoms with van der Waals surface area (Å²) in [6.07, 6.45) is 0. The lowest BCUT2D eigenvalue weighted by atomic mass is 10.0. The van der Waals surface area contributed by atoms with E-state index in [1.807, 2.05) is 18.7 Å². The third-order valence-corrected chi connectivity index (χ3v) is 4.05. The number of piperazine rings is 1. The topological polar surface area (TPSA) is 49.6 Å². The van der Waals surface area contributed by atoms with Crippen LogP contribution >= 0.6 is 0 Å². The van der Waals surface area contributed by atoms with E-state index in [2.05, 4.69) is 36.1 Å². The van der Waals surface area contributed by atoms with Crippen molar-refractivity contribution in [3.05, 3.63) is 29.8 Å². The van der Waals surface area contributed by atoms with E-state index in [0.29, 0.717) is 0 Å². The zero-order chi connectivity index (χ0) is 14.7. The normalized spacial score (nSPS) is 17.4. The smallest absolute Gasteiger partial charge is 0.239 e. The van der Waals surface area contributed by atoms with Crippen molar-refractivity contribution in [2.24, 2.45) is 11.7 Å². The lowest BCUT2D eigenvalue weighted by molar-refractivity contribution is -0.133.